The molecule has 7 heteroatoms. The van der Waals surface area contributed by atoms with Crippen LogP contribution >= 0.6 is 27.7 Å². The standard InChI is InChI=1S/C23H22BrNO4S/c1-22(2)23(13-15-6-4-3-5-7-15,25-19(27)12-20(25)30-22)21(28)29-14-18(26)16-8-10-17(24)11-9-16/h3-11,20H,12-14H2,1-2H3/t20-,23+/m1/s1. The highest BCUT2D eigenvalue weighted by molar-refractivity contribution is 9.10. The van der Waals surface area contributed by atoms with Crippen molar-refractivity contribution >= 4 is 45.4 Å². The molecule has 0 spiro atoms. The monoisotopic (exact) mass is 487 g/mol. The first-order chi connectivity index (χ1) is 14.2. The number of esters is 1. The number of ether oxygens (including phenoxy) is 1. The van der Waals surface area contributed by atoms with Gasteiger partial charge in [0.2, 0.25) is 5.91 Å². The number of benzene rings is 2. The highest BCUT2D eigenvalue weighted by Crippen LogP contribution is 2.58. The Labute approximate surface area is 188 Å². The van der Waals surface area contributed by atoms with Gasteiger partial charge in [-0.25, -0.2) is 4.79 Å². The summed E-state index contributed by atoms with van der Waals surface area (Å²) in [5.41, 5.74) is 0.266. The fourth-order valence-electron chi connectivity index (χ4n) is 4.24. The molecule has 0 bridgehead atoms. The van der Waals surface area contributed by atoms with E-state index in [1.807, 2.05) is 44.2 Å². The summed E-state index contributed by atoms with van der Waals surface area (Å²) in [5.74, 6) is -0.851. The minimum Gasteiger partial charge on any atom is -0.455 e. The molecule has 2 saturated heterocycles. The van der Waals surface area contributed by atoms with Crippen LogP contribution in [0.5, 0.6) is 0 Å². The fourth-order valence-corrected chi connectivity index (χ4v) is 6.27. The summed E-state index contributed by atoms with van der Waals surface area (Å²) in [4.78, 5) is 40.3. The van der Waals surface area contributed by atoms with Gasteiger partial charge < -0.3 is 9.64 Å². The summed E-state index contributed by atoms with van der Waals surface area (Å²) in [7, 11) is 0. The van der Waals surface area contributed by atoms with Crippen molar-refractivity contribution in [1.82, 2.24) is 4.90 Å². The minimum absolute atomic E-state index is 0.0362. The number of hydrogen-bond acceptors (Lipinski definition) is 5. The number of β-lactam (4-membered cyclic amide) rings is 1. The second-order valence-corrected chi connectivity index (χ2v) is 10.8. The number of ketones is 1. The molecule has 0 aromatic heterocycles. The zero-order valence-electron chi connectivity index (χ0n) is 16.8. The van der Waals surface area contributed by atoms with E-state index < -0.39 is 16.3 Å². The maximum atomic E-state index is 13.5. The summed E-state index contributed by atoms with van der Waals surface area (Å²) in [6.45, 7) is 3.60. The molecule has 5 nitrogen and oxygen atoms in total. The molecule has 30 heavy (non-hydrogen) atoms. The second kappa shape index (κ2) is 7.85. The molecule has 4 rings (SSSR count). The quantitative estimate of drug-likeness (QED) is 0.346. The van der Waals surface area contributed by atoms with Gasteiger partial charge in [-0.1, -0.05) is 58.4 Å². The third kappa shape index (κ3) is 3.48. The number of fused-ring (bicyclic) bond motifs is 1. The van der Waals surface area contributed by atoms with E-state index in [2.05, 4.69) is 15.9 Å². The van der Waals surface area contributed by atoms with Gasteiger partial charge in [0.25, 0.3) is 0 Å². The van der Waals surface area contributed by atoms with Crippen molar-refractivity contribution in [1.29, 1.82) is 0 Å². The number of rotatable bonds is 6. The topological polar surface area (TPSA) is 63.7 Å². The van der Waals surface area contributed by atoms with Crippen LogP contribution in [0.2, 0.25) is 0 Å². The highest BCUT2D eigenvalue weighted by Gasteiger charge is 2.69. The number of hydrogen-bond donors (Lipinski definition) is 0. The Morgan fingerprint density at radius 2 is 1.80 bits per heavy atom. The Balaban J connectivity index is 1.61. The van der Waals surface area contributed by atoms with Gasteiger partial charge in [0.1, 0.15) is 0 Å². The Kier molecular flexibility index (Phi) is 5.53. The van der Waals surface area contributed by atoms with Crippen LogP contribution in [0.4, 0.5) is 0 Å². The average Bonchev–Trinajstić information content (AvgIpc) is 2.89. The lowest BCUT2D eigenvalue weighted by atomic mass is 9.77. The summed E-state index contributed by atoms with van der Waals surface area (Å²) >= 11 is 4.96. The van der Waals surface area contributed by atoms with Gasteiger partial charge in [0.15, 0.2) is 17.9 Å². The lowest BCUT2D eigenvalue weighted by molar-refractivity contribution is -0.171. The Bertz CT molecular complexity index is 992. The van der Waals surface area contributed by atoms with Crippen molar-refractivity contribution in [3.63, 3.8) is 0 Å². The van der Waals surface area contributed by atoms with E-state index in [9.17, 15) is 14.4 Å². The van der Waals surface area contributed by atoms with Crippen molar-refractivity contribution in [3.05, 3.63) is 70.2 Å². The average molecular weight is 488 g/mol. The smallest absolute Gasteiger partial charge is 0.334 e. The zero-order chi connectivity index (χ0) is 21.5. The van der Waals surface area contributed by atoms with Crippen molar-refractivity contribution in [2.24, 2.45) is 0 Å². The predicted octanol–water partition coefficient (Wildman–Crippen LogP) is 4.24. The molecule has 2 aliphatic rings. The Morgan fingerprint density at radius 3 is 2.43 bits per heavy atom. The highest BCUT2D eigenvalue weighted by atomic mass is 79.9. The lowest BCUT2D eigenvalue weighted by Gasteiger charge is -2.47. The maximum absolute atomic E-state index is 13.5. The van der Waals surface area contributed by atoms with Crippen LogP contribution in [-0.2, 0) is 20.7 Å². The molecule has 0 unspecified atom stereocenters. The normalized spacial score (nSPS) is 24.2. The SMILES string of the molecule is CC1(C)S[C@@H]2CC(=O)N2[C@@]1(Cc1ccccc1)C(=O)OCC(=O)c1ccc(Br)cc1. The van der Waals surface area contributed by atoms with Crippen molar-refractivity contribution in [2.75, 3.05) is 6.61 Å². The van der Waals surface area contributed by atoms with Crippen LogP contribution in [0.15, 0.2) is 59.1 Å². The van der Waals surface area contributed by atoms with Crippen LogP contribution in [-0.4, -0.2) is 44.8 Å². The molecule has 0 N–H and O–H groups in total. The number of carbonyl (C=O) groups excluding carboxylic acids is 3. The van der Waals surface area contributed by atoms with Gasteiger partial charge in [-0.2, -0.15) is 0 Å². The lowest BCUT2D eigenvalue weighted by Crippen LogP contribution is -2.68. The molecule has 0 saturated carbocycles. The Hall–Kier alpha value is -2.12. The van der Waals surface area contributed by atoms with Crippen LogP contribution < -0.4 is 0 Å². The van der Waals surface area contributed by atoms with E-state index in [1.165, 1.54) is 0 Å². The van der Waals surface area contributed by atoms with E-state index in [0.29, 0.717) is 18.4 Å². The molecule has 1 amide bonds. The van der Waals surface area contributed by atoms with E-state index in [0.717, 1.165) is 10.0 Å². The molecule has 2 fully saturated rings. The van der Waals surface area contributed by atoms with Gasteiger partial charge in [0, 0.05) is 21.2 Å². The molecule has 156 valence electrons. The minimum atomic E-state index is -1.15. The zero-order valence-corrected chi connectivity index (χ0v) is 19.2. The first-order valence-corrected chi connectivity index (χ1v) is 11.4. The van der Waals surface area contributed by atoms with Gasteiger partial charge >= 0.3 is 5.97 Å². The van der Waals surface area contributed by atoms with Gasteiger partial charge in [0.05, 0.1) is 11.8 Å². The molecule has 2 aliphatic heterocycles. The first-order valence-electron chi connectivity index (χ1n) is 9.74. The molecule has 2 atom stereocenters. The molecule has 2 aromatic carbocycles. The molecule has 2 heterocycles. The number of amides is 1. The predicted molar refractivity (Wildman–Crippen MR) is 119 cm³/mol. The molecule has 0 aliphatic carbocycles. The summed E-state index contributed by atoms with van der Waals surface area (Å²) in [5, 5.41) is -0.0362. The molecular weight excluding hydrogens is 466 g/mol. The van der Waals surface area contributed by atoms with Crippen LogP contribution in [0.1, 0.15) is 36.2 Å². The van der Waals surface area contributed by atoms with Crippen molar-refractivity contribution in [3.8, 4) is 0 Å². The molecule has 0 radical (unpaired) electrons. The number of thioether (sulfide) groups is 1. The van der Waals surface area contributed by atoms with Gasteiger partial charge in [-0.05, 0) is 31.5 Å². The number of nitrogens with zero attached hydrogens (tertiary/aromatic N) is 1. The van der Waals surface area contributed by atoms with E-state index >= 15 is 0 Å². The fraction of sp³-hybridized carbons (Fsp3) is 0.348. The number of carbonyl (C=O) groups is 3. The number of halogens is 1. The summed E-state index contributed by atoms with van der Waals surface area (Å²) in [6.07, 6.45) is 0.775. The van der Waals surface area contributed by atoms with E-state index in [1.54, 1.807) is 40.9 Å². The van der Waals surface area contributed by atoms with Gasteiger partial charge in [-0.3, -0.25) is 9.59 Å². The number of Topliss-reactive ketones (excluding diaryl/α,β-unsaturated/α-hetero) is 1. The Morgan fingerprint density at radius 1 is 1.13 bits per heavy atom. The molecular formula is C23H22BrNO4S. The van der Waals surface area contributed by atoms with Crippen molar-refractivity contribution in [2.45, 2.75) is 42.3 Å². The summed E-state index contributed by atoms with van der Waals surface area (Å²) in [6, 6.07) is 16.5. The van der Waals surface area contributed by atoms with E-state index in [4.69, 9.17) is 4.74 Å². The first kappa shape index (κ1) is 21.1. The van der Waals surface area contributed by atoms with Crippen molar-refractivity contribution < 1.29 is 19.1 Å². The van der Waals surface area contributed by atoms with E-state index in [-0.39, 0.29) is 23.7 Å². The maximum Gasteiger partial charge on any atom is 0.334 e. The van der Waals surface area contributed by atoms with Crippen LogP contribution in [0.3, 0.4) is 0 Å². The largest absolute Gasteiger partial charge is 0.455 e. The summed E-state index contributed by atoms with van der Waals surface area (Å²) < 4.78 is 5.88. The third-order valence-electron chi connectivity index (χ3n) is 5.88. The van der Waals surface area contributed by atoms with Crippen LogP contribution in [0, 0.1) is 0 Å². The molecule has 2 aromatic rings. The van der Waals surface area contributed by atoms with Crippen LogP contribution in [0.25, 0.3) is 0 Å². The third-order valence-corrected chi connectivity index (χ3v) is 7.99. The van der Waals surface area contributed by atoms with Gasteiger partial charge in [-0.15, -0.1) is 11.8 Å². The second-order valence-electron chi connectivity index (χ2n) is 8.08.